The number of allylic oxidation sites excluding steroid dienone is 1. The molecule has 1 radical (unpaired) electrons. The molecule has 0 aliphatic heterocycles. The van der Waals surface area contributed by atoms with E-state index in [2.05, 4.69) is 6.92 Å². The first-order valence-electron chi connectivity index (χ1n) is 8.93. The van der Waals surface area contributed by atoms with Gasteiger partial charge in [-0.3, -0.25) is 0 Å². The second-order valence-corrected chi connectivity index (χ2v) is 6.09. The minimum Gasteiger partial charge on any atom is -0.395 e. The standard InChI is InChI=1S/C18H37NO2.Ir/c1-2-3-4-5-6-7-8-9-10-11-12-13-14-15-18(21)17(19)16-20;/h14-15,17-18,20-21H,2-13,16,19H2,1H3;/b15-14+;/t17-,18+;/m0./s1. The van der Waals surface area contributed by atoms with E-state index in [1.807, 2.05) is 6.08 Å². The van der Waals surface area contributed by atoms with E-state index >= 15 is 0 Å². The van der Waals surface area contributed by atoms with E-state index in [0.29, 0.717) is 0 Å². The number of aliphatic hydroxyl groups excluding tert-OH is 2. The summed E-state index contributed by atoms with van der Waals surface area (Å²) >= 11 is 0. The zero-order chi connectivity index (χ0) is 15.8. The molecule has 135 valence electrons. The molecule has 3 nitrogen and oxygen atoms in total. The topological polar surface area (TPSA) is 66.5 Å². The largest absolute Gasteiger partial charge is 0.395 e. The van der Waals surface area contributed by atoms with Crippen molar-refractivity contribution in [3.63, 3.8) is 0 Å². The van der Waals surface area contributed by atoms with E-state index < -0.39 is 12.1 Å². The fraction of sp³-hybridized carbons (Fsp3) is 0.889. The van der Waals surface area contributed by atoms with Crippen molar-refractivity contribution >= 4 is 0 Å². The molecule has 0 spiro atoms. The average Bonchev–Trinajstić information content (AvgIpc) is 2.50. The summed E-state index contributed by atoms with van der Waals surface area (Å²) in [6.07, 6.45) is 18.8. The van der Waals surface area contributed by atoms with Crippen molar-refractivity contribution in [2.45, 2.75) is 96.1 Å². The Morgan fingerprint density at radius 2 is 1.32 bits per heavy atom. The Hall–Kier alpha value is 0.269. The van der Waals surface area contributed by atoms with Gasteiger partial charge in [0, 0.05) is 20.1 Å². The van der Waals surface area contributed by atoms with Gasteiger partial charge < -0.3 is 15.9 Å². The second-order valence-electron chi connectivity index (χ2n) is 6.09. The van der Waals surface area contributed by atoms with Crippen molar-refractivity contribution in [1.82, 2.24) is 0 Å². The molecule has 0 rings (SSSR count). The van der Waals surface area contributed by atoms with Crippen LogP contribution in [0.25, 0.3) is 0 Å². The van der Waals surface area contributed by atoms with Crippen molar-refractivity contribution in [3.8, 4) is 0 Å². The Kier molecular flexibility index (Phi) is 21.5. The quantitative estimate of drug-likeness (QED) is 0.240. The maximum absolute atomic E-state index is 9.52. The van der Waals surface area contributed by atoms with Gasteiger partial charge in [-0.15, -0.1) is 0 Å². The molecule has 0 unspecified atom stereocenters. The molecule has 0 bridgehead atoms. The third-order valence-electron chi connectivity index (χ3n) is 3.96. The molecule has 2 atom stereocenters. The van der Waals surface area contributed by atoms with Crippen LogP contribution < -0.4 is 5.73 Å². The van der Waals surface area contributed by atoms with Crippen molar-refractivity contribution in [1.29, 1.82) is 0 Å². The molecule has 22 heavy (non-hydrogen) atoms. The van der Waals surface area contributed by atoms with Crippen LogP contribution in [0.2, 0.25) is 0 Å². The van der Waals surface area contributed by atoms with Crippen LogP contribution in [-0.2, 0) is 20.1 Å². The Morgan fingerprint density at radius 3 is 1.77 bits per heavy atom. The fourth-order valence-corrected chi connectivity index (χ4v) is 2.41. The maximum Gasteiger partial charge on any atom is 0.0894 e. The molecule has 0 heterocycles. The Labute approximate surface area is 151 Å². The van der Waals surface area contributed by atoms with Crippen LogP contribution >= 0.6 is 0 Å². The Balaban J connectivity index is 0. The van der Waals surface area contributed by atoms with Crippen molar-refractivity contribution in [3.05, 3.63) is 12.2 Å². The summed E-state index contributed by atoms with van der Waals surface area (Å²) in [5, 5.41) is 18.3. The normalized spacial score (nSPS) is 14.0. The third-order valence-corrected chi connectivity index (χ3v) is 3.96. The van der Waals surface area contributed by atoms with Crippen LogP contribution in [0, 0.1) is 0 Å². The van der Waals surface area contributed by atoms with E-state index in [0.717, 1.165) is 6.42 Å². The van der Waals surface area contributed by atoms with Crippen LogP contribution in [0.3, 0.4) is 0 Å². The van der Waals surface area contributed by atoms with Gasteiger partial charge in [0.05, 0.1) is 18.8 Å². The monoisotopic (exact) mass is 492 g/mol. The van der Waals surface area contributed by atoms with Crippen LogP contribution in [0.1, 0.15) is 84.0 Å². The summed E-state index contributed by atoms with van der Waals surface area (Å²) in [5.41, 5.74) is 5.51. The minimum absolute atomic E-state index is 0. The number of unbranched alkanes of at least 4 members (excludes halogenated alkanes) is 11. The van der Waals surface area contributed by atoms with Crippen molar-refractivity contribution in [2.24, 2.45) is 5.73 Å². The van der Waals surface area contributed by atoms with Gasteiger partial charge in [0.2, 0.25) is 0 Å². The third kappa shape index (κ3) is 16.6. The van der Waals surface area contributed by atoms with Gasteiger partial charge in [-0.05, 0) is 12.8 Å². The molecule has 0 aromatic rings. The summed E-state index contributed by atoms with van der Waals surface area (Å²) in [7, 11) is 0. The van der Waals surface area contributed by atoms with Crippen LogP contribution in [0.4, 0.5) is 0 Å². The molecular formula is C18H37IrNO2. The van der Waals surface area contributed by atoms with E-state index in [-0.39, 0.29) is 26.7 Å². The van der Waals surface area contributed by atoms with Gasteiger partial charge in [0.15, 0.2) is 0 Å². The average molecular weight is 492 g/mol. The maximum atomic E-state index is 9.52. The Bertz CT molecular complexity index is 237. The summed E-state index contributed by atoms with van der Waals surface area (Å²) in [4.78, 5) is 0. The predicted octanol–water partition coefficient (Wildman–Crippen LogP) is 3.92. The van der Waals surface area contributed by atoms with E-state index in [1.165, 1.54) is 70.6 Å². The number of rotatable bonds is 15. The van der Waals surface area contributed by atoms with Gasteiger partial charge in [-0.2, -0.15) is 0 Å². The molecule has 0 saturated carbocycles. The number of nitrogens with two attached hydrogens (primary N) is 1. The summed E-state index contributed by atoms with van der Waals surface area (Å²) in [6.45, 7) is 2.08. The minimum atomic E-state index is -0.720. The molecular weight excluding hydrogens is 454 g/mol. The molecule has 0 aliphatic carbocycles. The van der Waals surface area contributed by atoms with Gasteiger partial charge in [-0.1, -0.05) is 83.3 Å². The molecule has 0 aliphatic rings. The SMILES string of the molecule is CCCCCCCCCCCCC/C=C/[C@@H](O)[C@@H](N)CO.[Ir]. The number of aliphatic hydroxyl groups is 2. The predicted molar refractivity (Wildman–Crippen MR) is 91.3 cm³/mol. The van der Waals surface area contributed by atoms with Crippen molar-refractivity contribution < 1.29 is 30.3 Å². The molecule has 0 amide bonds. The van der Waals surface area contributed by atoms with Crippen LogP contribution in [0.5, 0.6) is 0 Å². The molecule has 0 aromatic heterocycles. The zero-order valence-corrected chi connectivity index (χ0v) is 16.7. The van der Waals surface area contributed by atoms with Gasteiger partial charge in [0.1, 0.15) is 0 Å². The first-order valence-corrected chi connectivity index (χ1v) is 8.93. The second kappa shape index (κ2) is 19.3. The first-order chi connectivity index (χ1) is 10.2. The molecule has 0 aromatic carbocycles. The smallest absolute Gasteiger partial charge is 0.0894 e. The van der Waals surface area contributed by atoms with Gasteiger partial charge in [-0.25, -0.2) is 0 Å². The van der Waals surface area contributed by atoms with Gasteiger partial charge in [0.25, 0.3) is 0 Å². The Morgan fingerprint density at radius 1 is 0.864 bits per heavy atom. The van der Waals surface area contributed by atoms with Crippen molar-refractivity contribution in [2.75, 3.05) is 6.61 Å². The van der Waals surface area contributed by atoms with Crippen LogP contribution in [-0.4, -0.2) is 29.0 Å². The number of hydrogen-bond acceptors (Lipinski definition) is 3. The summed E-state index contributed by atoms with van der Waals surface area (Å²) in [6, 6.07) is -0.557. The zero-order valence-electron chi connectivity index (χ0n) is 14.3. The van der Waals surface area contributed by atoms with E-state index in [1.54, 1.807) is 6.08 Å². The molecule has 0 saturated heterocycles. The molecule has 0 fully saturated rings. The van der Waals surface area contributed by atoms with Crippen LogP contribution in [0.15, 0.2) is 12.2 Å². The fourth-order valence-electron chi connectivity index (χ4n) is 2.41. The van der Waals surface area contributed by atoms with Gasteiger partial charge >= 0.3 is 0 Å². The first kappa shape index (κ1) is 24.5. The molecule has 4 heteroatoms. The number of hydrogen-bond donors (Lipinski definition) is 3. The molecule has 4 N–H and O–H groups in total. The van der Waals surface area contributed by atoms with E-state index in [4.69, 9.17) is 10.8 Å². The summed E-state index contributed by atoms with van der Waals surface area (Å²) < 4.78 is 0. The summed E-state index contributed by atoms with van der Waals surface area (Å²) in [5.74, 6) is 0. The van der Waals surface area contributed by atoms with E-state index in [9.17, 15) is 5.11 Å².